The molecule has 2 N–H and O–H groups in total. The smallest absolute Gasteiger partial charge is 0.270 e. The van der Waals surface area contributed by atoms with Crippen LogP contribution in [0.2, 0.25) is 5.02 Å². The van der Waals surface area contributed by atoms with Crippen molar-refractivity contribution in [1.82, 2.24) is 15.3 Å². The Balaban J connectivity index is 1.77. The number of benzene rings is 2. The minimum absolute atomic E-state index is 0.140. The maximum absolute atomic E-state index is 12.6. The molecule has 1 atom stereocenters. The van der Waals surface area contributed by atoms with E-state index in [2.05, 4.69) is 20.6 Å². The number of methoxy groups -OCH3 is 1. The van der Waals surface area contributed by atoms with Crippen LogP contribution in [-0.2, 0) is 0 Å². The zero-order chi connectivity index (χ0) is 20.1. The fourth-order valence-corrected chi connectivity index (χ4v) is 2.87. The molecule has 144 valence electrons. The Morgan fingerprint density at radius 2 is 1.89 bits per heavy atom. The number of carbonyl (C=O) groups excluding carboxylic acids is 1. The Morgan fingerprint density at radius 3 is 2.61 bits per heavy atom. The first-order valence-electron chi connectivity index (χ1n) is 8.77. The lowest BCUT2D eigenvalue weighted by Crippen LogP contribution is -2.27. The first-order valence-corrected chi connectivity index (χ1v) is 9.14. The molecule has 28 heavy (non-hydrogen) atoms. The topological polar surface area (TPSA) is 76.1 Å². The van der Waals surface area contributed by atoms with Crippen LogP contribution in [0.15, 0.2) is 54.9 Å². The van der Waals surface area contributed by atoms with Gasteiger partial charge in [-0.2, -0.15) is 0 Å². The van der Waals surface area contributed by atoms with Crippen LogP contribution in [-0.4, -0.2) is 23.0 Å². The van der Waals surface area contributed by atoms with Gasteiger partial charge in [0.2, 0.25) is 0 Å². The molecule has 0 fully saturated rings. The summed E-state index contributed by atoms with van der Waals surface area (Å²) in [6.07, 6.45) is 1.35. The van der Waals surface area contributed by atoms with Gasteiger partial charge in [-0.3, -0.25) is 4.79 Å². The summed E-state index contributed by atoms with van der Waals surface area (Å²) in [5.74, 6) is 0.784. The molecule has 6 nitrogen and oxygen atoms in total. The van der Waals surface area contributed by atoms with E-state index in [1.165, 1.54) is 6.33 Å². The Morgan fingerprint density at radius 1 is 1.14 bits per heavy atom. The Labute approximate surface area is 168 Å². The van der Waals surface area contributed by atoms with Gasteiger partial charge in [0.25, 0.3) is 5.91 Å². The molecule has 0 aliphatic carbocycles. The van der Waals surface area contributed by atoms with Gasteiger partial charge < -0.3 is 15.4 Å². The maximum Gasteiger partial charge on any atom is 0.270 e. The molecule has 0 saturated carbocycles. The summed E-state index contributed by atoms with van der Waals surface area (Å²) < 4.78 is 5.36. The van der Waals surface area contributed by atoms with E-state index in [9.17, 15) is 4.79 Å². The highest BCUT2D eigenvalue weighted by Gasteiger charge is 2.14. The number of nitrogens with zero attached hydrogens (tertiary/aromatic N) is 2. The van der Waals surface area contributed by atoms with E-state index in [1.54, 1.807) is 19.2 Å². The maximum atomic E-state index is 12.6. The predicted octanol–water partition coefficient (Wildman–Crippen LogP) is 4.68. The minimum atomic E-state index is -0.277. The van der Waals surface area contributed by atoms with Crippen molar-refractivity contribution in [2.45, 2.75) is 19.9 Å². The first-order chi connectivity index (χ1) is 13.5. The molecule has 0 spiro atoms. The second kappa shape index (κ2) is 8.71. The van der Waals surface area contributed by atoms with Gasteiger partial charge in [0.15, 0.2) is 0 Å². The molecule has 2 aromatic carbocycles. The standard InChI is InChI=1S/C21H21ClN4O2/c1-13-9-17(19(28-3)10-16(13)22)26-20-11-18(23-12-24-20)21(27)25-14(2)15-7-5-4-6-8-15/h4-12,14H,1-3H3,(H,25,27)(H,23,24,26). The van der Waals surface area contributed by atoms with Crippen molar-refractivity contribution in [3.05, 3.63) is 76.7 Å². The third-order valence-electron chi connectivity index (χ3n) is 4.29. The summed E-state index contributed by atoms with van der Waals surface area (Å²) in [5, 5.41) is 6.71. The molecular weight excluding hydrogens is 376 g/mol. The van der Waals surface area contributed by atoms with E-state index < -0.39 is 0 Å². The van der Waals surface area contributed by atoms with Crippen molar-refractivity contribution in [3.63, 3.8) is 0 Å². The highest BCUT2D eigenvalue weighted by atomic mass is 35.5. The lowest BCUT2D eigenvalue weighted by atomic mass is 10.1. The molecule has 7 heteroatoms. The molecule has 1 heterocycles. The second-order valence-corrected chi connectivity index (χ2v) is 6.73. The van der Waals surface area contributed by atoms with Crippen molar-refractivity contribution in [1.29, 1.82) is 0 Å². The molecule has 0 bridgehead atoms. The Hall–Kier alpha value is -3.12. The monoisotopic (exact) mass is 396 g/mol. The number of aryl methyl sites for hydroxylation is 1. The molecule has 3 aromatic rings. The van der Waals surface area contributed by atoms with E-state index in [-0.39, 0.29) is 17.6 Å². The quantitative estimate of drug-likeness (QED) is 0.632. The second-order valence-electron chi connectivity index (χ2n) is 6.32. The molecule has 0 aliphatic rings. The lowest BCUT2D eigenvalue weighted by molar-refractivity contribution is 0.0934. The number of amides is 1. The van der Waals surface area contributed by atoms with Crippen LogP contribution < -0.4 is 15.4 Å². The number of nitrogens with one attached hydrogen (secondary N) is 2. The number of carbonyl (C=O) groups is 1. The van der Waals surface area contributed by atoms with Crippen molar-refractivity contribution >= 4 is 29.0 Å². The third-order valence-corrected chi connectivity index (χ3v) is 4.70. The first kappa shape index (κ1) is 19.6. The molecule has 0 aliphatic heterocycles. The van der Waals surface area contributed by atoms with Gasteiger partial charge in [-0.25, -0.2) is 9.97 Å². The summed E-state index contributed by atoms with van der Waals surface area (Å²) in [7, 11) is 1.57. The van der Waals surface area contributed by atoms with Gasteiger partial charge in [0.1, 0.15) is 23.6 Å². The lowest BCUT2D eigenvalue weighted by Gasteiger charge is -2.15. The van der Waals surface area contributed by atoms with Crippen molar-refractivity contribution in [2.75, 3.05) is 12.4 Å². The van der Waals surface area contributed by atoms with Gasteiger partial charge in [-0.1, -0.05) is 41.9 Å². The van der Waals surface area contributed by atoms with Gasteiger partial charge >= 0.3 is 0 Å². The zero-order valence-corrected chi connectivity index (χ0v) is 16.6. The van der Waals surface area contributed by atoms with Gasteiger partial charge in [-0.05, 0) is 31.0 Å². The summed E-state index contributed by atoms with van der Waals surface area (Å²) in [5.41, 5.74) is 2.88. The fourth-order valence-electron chi connectivity index (χ4n) is 2.71. The van der Waals surface area contributed by atoms with Crippen LogP contribution in [0.5, 0.6) is 5.75 Å². The minimum Gasteiger partial charge on any atom is -0.495 e. The molecular formula is C21H21ClN4O2. The van der Waals surface area contributed by atoms with Crippen LogP contribution in [0, 0.1) is 6.92 Å². The van der Waals surface area contributed by atoms with Crippen LogP contribution in [0.25, 0.3) is 0 Å². The molecule has 1 amide bonds. The van der Waals surface area contributed by atoms with E-state index in [0.717, 1.165) is 11.1 Å². The number of anilines is 2. The SMILES string of the molecule is COc1cc(Cl)c(C)cc1Nc1cc(C(=O)NC(C)c2ccccc2)ncn1. The van der Waals surface area contributed by atoms with Crippen LogP contribution in [0.4, 0.5) is 11.5 Å². The Kier molecular flexibility index (Phi) is 6.11. The van der Waals surface area contributed by atoms with Gasteiger partial charge in [0, 0.05) is 17.2 Å². The molecule has 1 aromatic heterocycles. The normalized spacial score (nSPS) is 11.6. The molecule has 3 rings (SSSR count). The van der Waals surface area contributed by atoms with E-state index in [1.807, 2.05) is 50.2 Å². The summed E-state index contributed by atoms with van der Waals surface area (Å²) in [6, 6.07) is 14.8. The van der Waals surface area contributed by atoms with Crippen molar-refractivity contribution < 1.29 is 9.53 Å². The highest BCUT2D eigenvalue weighted by Crippen LogP contribution is 2.32. The van der Waals surface area contributed by atoms with E-state index in [0.29, 0.717) is 22.3 Å². The van der Waals surface area contributed by atoms with Crippen LogP contribution >= 0.6 is 11.6 Å². The number of aromatic nitrogens is 2. The Bertz CT molecular complexity index is 979. The van der Waals surface area contributed by atoms with E-state index in [4.69, 9.17) is 16.3 Å². The summed E-state index contributed by atoms with van der Waals surface area (Å²) in [6.45, 7) is 3.83. The molecule has 0 saturated heterocycles. The highest BCUT2D eigenvalue weighted by molar-refractivity contribution is 6.31. The number of ether oxygens (including phenoxy) is 1. The average molecular weight is 397 g/mol. The zero-order valence-electron chi connectivity index (χ0n) is 15.9. The van der Waals surface area contributed by atoms with Gasteiger partial charge in [0.05, 0.1) is 18.8 Å². The largest absolute Gasteiger partial charge is 0.495 e. The fraction of sp³-hybridized carbons (Fsp3) is 0.190. The number of hydrogen-bond acceptors (Lipinski definition) is 5. The third kappa shape index (κ3) is 4.58. The average Bonchev–Trinajstić information content (AvgIpc) is 2.71. The van der Waals surface area contributed by atoms with Crippen LogP contribution in [0.1, 0.15) is 34.6 Å². The van der Waals surface area contributed by atoms with E-state index >= 15 is 0 Å². The van der Waals surface area contributed by atoms with Gasteiger partial charge in [-0.15, -0.1) is 0 Å². The molecule has 1 unspecified atom stereocenters. The summed E-state index contributed by atoms with van der Waals surface area (Å²) >= 11 is 6.15. The summed E-state index contributed by atoms with van der Waals surface area (Å²) in [4.78, 5) is 20.9. The number of rotatable bonds is 6. The number of halogens is 1. The van der Waals surface area contributed by atoms with Crippen molar-refractivity contribution in [3.8, 4) is 5.75 Å². The van der Waals surface area contributed by atoms with Crippen molar-refractivity contribution in [2.24, 2.45) is 0 Å². The predicted molar refractivity (Wildman–Crippen MR) is 110 cm³/mol. The van der Waals surface area contributed by atoms with Crippen LogP contribution in [0.3, 0.4) is 0 Å². The number of hydrogen-bond donors (Lipinski definition) is 2. The molecule has 0 radical (unpaired) electrons.